The quantitative estimate of drug-likeness (QED) is 0.664. The van der Waals surface area contributed by atoms with Gasteiger partial charge in [-0.05, 0) is 38.5 Å². The molecular weight excluding hydrogens is 236 g/mol. The summed E-state index contributed by atoms with van der Waals surface area (Å²) < 4.78 is 0. The fourth-order valence-electron chi connectivity index (χ4n) is 3.06. The number of amides is 1. The Morgan fingerprint density at radius 2 is 1.89 bits per heavy atom. The lowest BCUT2D eigenvalue weighted by Crippen LogP contribution is -2.49. The molecule has 2 atom stereocenters. The molecule has 19 heavy (non-hydrogen) atoms. The fraction of sp³-hybridized carbons (Fsp3) is 0.938. The lowest BCUT2D eigenvalue weighted by Gasteiger charge is -2.32. The first kappa shape index (κ1) is 16.5. The number of hydrogen-bond donors (Lipinski definition) is 2. The minimum Gasteiger partial charge on any atom is -0.355 e. The van der Waals surface area contributed by atoms with Crippen LogP contribution in [0.2, 0.25) is 0 Å². The van der Waals surface area contributed by atoms with Gasteiger partial charge in [-0.2, -0.15) is 0 Å². The standard InChI is InChI=1S/C16H32N2O/c1-4-6-12-17-16(19)13(3)18-15(5-2)14-10-8-7-9-11-14/h13-15,18H,4-12H2,1-3H3,(H,17,19). The molecule has 1 rings (SSSR count). The van der Waals surface area contributed by atoms with E-state index in [9.17, 15) is 4.79 Å². The fourth-order valence-corrected chi connectivity index (χ4v) is 3.06. The second-order valence-corrected chi connectivity index (χ2v) is 5.95. The highest BCUT2D eigenvalue weighted by molar-refractivity contribution is 5.81. The van der Waals surface area contributed by atoms with Crippen molar-refractivity contribution < 1.29 is 4.79 Å². The molecule has 0 heterocycles. The molecule has 0 saturated heterocycles. The first-order chi connectivity index (χ1) is 9.19. The lowest BCUT2D eigenvalue weighted by molar-refractivity contribution is -0.123. The average molecular weight is 268 g/mol. The van der Waals surface area contributed by atoms with Gasteiger partial charge in [-0.25, -0.2) is 0 Å². The third-order valence-electron chi connectivity index (χ3n) is 4.35. The summed E-state index contributed by atoms with van der Waals surface area (Å²) in [6, 6.07) is 0.441. The van der Waals surface area contributed by atoms with Gasteiger partial charge in [0.1, 0.15) is 0 Å². The van der Waals surface area contributed by atoms with Crippen LogP contribution in [-0.4, -0.2) is 24.5 Å². The summed E-state index contributed by atoms with van der Waals surface area (Å²) >= 11 is 0. The molecule has 0 spiro atoms. The summed E-state index contributed by atoms with van der Waals surface area (Å²) in [5.74, 6) is 0.923. The number of hydrogen-bond acceptors (Lipinski definition) is 2. The molecule has 3 nitrogen and oxygen atoms in total. The van der Waals surface area contributed by atoms with Gasteiger partial charge in [0.2, 0.25) is 5.91 Å². The van der Waals surface area contributed by atoms with Crippen LogP contribution in [0.25, 0.3) is 0 Å². The number of unbranched alkanes of at least 4 members (excludes halogenated alkanes) is 1. The van der Waals surface area contributed by atoms with Gasteiger partial charge in [-0.1, -0.05) is 39.5 Å². The maximum atomic E-state index is 12.0. The Morgan fingerprint density at radius 1 is 1.21 bits per heavy atom. The van der Waals surface area contributed by atoms with Crippen LogP contribution >= 0.6 is 0 Å². The van der Waals surface area contributed by atoms with Gasteiger partial charge in [0.15, 0.2) is 0 Å². The summed E-state index contributed by atoms with van der Waals surface area (Å²) in [6.45, 7) is 7.17. The Balaban J connectivity index is 2.34. The van der Waals surface area contributed by atoms with E-state index in [-0.39, 0.29) is 11.9 Å². The molecule has 1 aliphatic rings. The summed E-state index contributed by atoms with van der Waals surface area (Å²) in [5, 5.41) is 6.57. The average Bonchev–Trinajstić information content (AvgIpc) is 2.45. The molecule has 0 aromatic heterocycles. The van der Waals surface area contributed by atoms with Crippen molar-refractivity contribution in [3.8, 4) is 0 Å². The van der Waals surface area contributed by atoms with E-state index < -0.39 is 0 Å². The highest BCUT2D eigenvalue weighted by Gasteiger charge is 2.25. The molecule has 0 aromatic carbocycles. The maximum absolute atomic E-state index is 12.0. The van der Waals surface area contributed by atoms with Crippen LogP contribution in [0.3, 0.4) is 0 Å². The van der Waals surface area contributed by atoms with Gasteiger partial charge in [-0.15, -0.1) is 0 Å². The van der Waals surface area contributed by atoms with E-state index in [1.807, 2.05) is 6.92 Å². The van der Waals surface area contributed by atoms with Crippen LogP contribution in [0.1, 0.15) is 72.1 Å². The Morgan fingerprint density at radius 3 is 2.47 bits per heavy atom. The molecule has 1 amide bonds. The largest absolute Gasteiger partial charge is 0.355 e. The maximum Gasteiger partial charge on any atom is 0.236 e. The van der Waals surface area contributed by atoms with Gasteiger partial charge < -0.3 is 10.6 Å². The van der Waals surface area contributed by atoms with Crippen molar-refractivity contribution in [1.82, 2.24) is 10.6 Å². The van der Waals surface area contributed by atoms with Crippen LogP contribution in [0.5, 0.6) is 0 Å². The molecule has 1 aliphatic carbocycles. The summed E-state index contributed by atoms with van der Waals surface area (Å²) in [6.07, 6.45) is 10.1. The van der Waals surface area contributed by atoms with Crippen LogP contribution in [-0.2, 0) is 4.79 Å². The van der Waals surface area contributed by atoms with Crippen molar-refractivity contribution in [1.29, 1.82) is 0 Å². The number of rotatable bonds is 8. The first-order valence-electron chi connectivity index (χ1n) is 8.22. The number of carbonyl (C=O) groups is 1. The van der Waals surface area contributed by atoms with Gasteiger partial charge in [0.25, 0.3) is 0 Å². The Bertz CT molecular complexity index is 249. The molecule has 3 heteroatoms. The zero-order valence-electron chi connectivity index (χ0n) is 13.0. The molecule has 1 fully saturated rings. The van der Waals surface area contributed by atoms with E-state index in [4.69, 9.17) is 0 Å². The van der Waals surface area contributed by atoms with E-state index >= 15 is 0 Å². The van der Waals surface area contributed by atoms with Crippen molar-refractivity contribution in [2.24, 2.45) is 5.92 Å². The second-order valence-electron chi connectivity index (χ2n) is 5.95. The van der Waals surface area contributed by atoms with Gasteiger partial charge in [0, 0.05) is 12.6 Å². The van der Waals surface area contributed by atoms with Crippen molar-refractivity contribution >= 4 is 5.91 Å². The predicted molar refractivity (Wildman–Crippen MR) is 81.2 cm³/mol. The predicted octanol–water partition coefficient (Wildman–Crippen LogP) is 3.24. The zero-order chi connectivity index (χ0) is 14.1. The van der Waals surface area contributed by atoms with Gasteiger partial charge in [-0.3, -0.25) is 4.79 Å². The number of carbonyl (C=O) groups excluding carboxylic acids is 1. The van der Waals surface area contributed by atoms with Gasteiger partial charge >= 0.3 is 0 Å². The molecule has 112 valence electrons. The molecule has 0 radical (unpaired) electrons. The highest BCUT2D eigenvalue weighted by atomic mass is 16.2. The van der Waals surface area contributed by atoms with E-state index in [0.717, 1.165) is 31.7 Å². The first-order valence-corrected chi connectivity index (χ1v) is 8.22. The molecule has 0 aromatic rings. The minimum atomic E-state index is -0.0660. The van der Waals surface area contributed by atoms with Gasteiger partial charge in [0.05, 0.1) is 6.04 Å². The summed E-state index contributed by atoms with van der Waals surface area (Å²) in [7, 11) is 0. The molecule has 0 aliphatic heterocycles. The van der Waals surface area contributed by atoms with Crippen molar-refractivity contribution in [3.63, 3.8) is 0 Å². The summed E-state index contributed by atoms with van der Waals surface area (Å²) in [4.78, 5) is 12.0. The van der Waals surface area contributed by atoms with Crippen LogP contribution in [0.15, 0.2) is 0 Å². The highest BCUT2D eigenvalue weighted by Crippen LogP contribution is 2.27. The van der Waals surface area contributed by atoms with Crippen molar-refractivity contribution in [3.05, 3.63) is 0 Å². The van der Waals surface area contributed by atoms with Crippen molar-refractivity contribution in [2.45, 2.75) is 84.2 Å². The minimum absolute atomic E-state index is 0.0660. The van der Waals surface area contributed by atoms with Crippen molar-refractivity contribution in [2.75, 3.05) is 6.54 Å². The topological polar surface area (TPSA) is 41.1 Å². The Labute approximate surface area is 118 Å². The second kappa shape index (κ2) is 9.35. The van der Waals surface area contributed by atoms with E-state index in [0.29, 0.717) is 6.04 Å². The Hall–Kier alpha value is -0.570. The zero-order valence-corrected chi connectivity index (χ0v) is 13.0. The molecular formula is C16H32N2O. The van der Waals surface area contributed by atoms with Crippen LogP contribution in [0, 0.1) is 5.92 Å². The summed E-state index contributed by atoms with van der Waals surface area (Å²) in [5.41, 5.74) is 0. The third-order valence-corrected chi connectivity index (χ3v) is 4.35. The van der Waals surface area contributed by atoms with Crippen LogP contribution < -0.4 is 10.6 Å². The number of nitrogens with one attached hydrogen (secondary N) is 2. The molecule has 0 bridgehead atoms. The smallest absolute Gasteiger partial charge is 0.236 e. The SMILES string of the molecule is CCCCNC(=O)C(C)NC(CC)C1CCCCC1. The Kier molecular flexibility index (Phi) is 8.11. The molecule has 2 unspecified atom stereocenters. The van der Waals surface area contributed by atoms with E-state index in [1.54, 1.807) is 0 Å². The van der Waals surface area contributed by atoms with E-state index in [1.165, 1.54) is 32.1 Å². The lowest BCUT2D eigenvalue weighted by atomic mass is 9.82. The van der Waals surface area contributed by atoms with E-state index in [2.05, 4.69) is 24.5 Å². The van der Waals surface area contributed by atoms with Crippen LogP contribution in [0.4, 0.5) is 0 Å². The molecule has 2 N–H and O–H groups in total. The molecule has 1 saturated carbocycles. The monoisotopic (exact) mass is 268 g/mol. The normalized spacial score (nSPS) is 19.9. The third kappa shape index (κ3) is 5.94.